The van der Waals surface area contributed by atoms with Crippen LogP contribution in [0.4, 0.5) is 11.5 Å². The summed E-state index contributed by atoms with van der Waals surface area (Å²) in [6.45, 7) is 15.2. The van der Waals surface area contributed by atoms with Crippen molar-refractivity contribution in [1.82, 2.24) is 9.88 Å². The summed E-state index contributed by atoms with van der Waals surface area (Å²) in [6, 6.07) is 4.11. The molecule has 6 atom stereocenters. The predicted molar refractivity (Wildman–Crippen MR) is 166 cm³/mol. The first-order chi connectivity index (χ1) is 19.7. The van der Waals surface area contributed by atoms with Gasteiger partial charge in [0.25, 0.3) is 0 Å². The van der Waals surface area contributed by atoms with Crippen molar-refractivity contribution >= 4 is 23.1 Å². The van der Waals surface area contributed by atoms with E-state index in [2.05, 4.69) is 59.9 Å². The first-order valence-corrected chi connectivity index (χ1v) is 16.4. The monoisotopic (exact) mass is 558 g/mol. The number of nitrogens with zero attached hydrogens (tertiary/aromatic N) is 3. The zero-order valence-corrected chi connectivity index (χ0v) is 25.8. The van der Waals surface area contributed by atoms with Crippen molar-refractivity contribution in [3.8, 4) is 0 Å². The molecule has 1 saturated heterocycles. The number of ketones is 2. The molecule has 6 nitrogen and oxygen atoms in total. The maximum atomic E-state index is 13.9. The molecular weight excluding hydrogens is 508 g/mol. The van der Waals surface area contributed by atoms with Crippen LogP contribution < -0.4 is 10.2 Å². The van der Waals surface area contributed by atoms with E-state index >= 15 is 0 Å². The Balaban J connectivity index is 1.05. The molecule has 0 unspecified atom stereocenters. The average Bonchev–Trinajstić information content (AvgIpc) is 3.24. The van der Waals surface area contributed by atoms with Crippen molar-refractivity contribution in [1.29, 1.82) is 0 Å². The molecule has 41 heavy (non-hydrogen) atoms. The standard InChI is InChI=1S/C35H50N4O2/c1-5-36-30-8-6-16-37-33(30)39-20-18-38(19-21-39)17-7-9-31(41)32-24(2)22-29-27-11-10-25-23-26(40)12-14-34(25,3)28(27)13-15-35(29,32)4/h6,8,13,16,23-24,27,29,32,36H,5,7,9-12,14-15,17-22H2,1-4H3/t24-,27-,29+,32-,34+,35+/m1/s1. The number of Topliss-reactive ketones (excluding diaryl/α,β-unsaturated/α-hetero) is 1. The third-order valence-corrected chi connectivity index (χ3v) is 11.7. The molecule has 0 amide bonds. The molecular formula is C35H50N4O2. The number of anilines is 2. The fourth-order valence-electron chi connectivity index (χ4n) is 9.70. The lowest BCUT2D eigenvalue weighted by molar-refractivity contribution is -0.128. The summed E-state index contributed by atoms with van der Waals surface area (Å²) in [4.78, 5) is 35.6. The Kier molecular flexibility index (Phi) is 7.90. The molecule has 2 heterocycles. The van der Waals surface area contributed by atoms with Crippen LogP contribution >= 0.6 is 0 Å². The number of aromatic nitrogens is 1. The highest BCUT2D eigenvalue weighted by Gasteiger charge is 2.59. The number of rotatable bonds is 8. The SMILES string of the molecule is CCNc1cccnc1N1CCN(CCCC(=O)[C@H]2[C@H](C)C[C@H]3[C@@H]4CCC5=CC(=O)CC[C@]5(C)C4=CC[C@@]32C)CC1. The van der Waals surface area contributed by atoms with E-state index in [0.717, 1.165) is 82.9 Å². The Bertz CT molecular complexity index is 1230. The molecule has 1 N–H and O–H groups in total. The fraction of sp³-hybridized carbons (Fsp3) is 0.686. The molecule has 1 aliphatic heterocycles. The van der Waals surface area contributed by atoms with Gasteiger partial charge in [0.2, 0.25) is 0 Å². The Morgan fingerprint density at radius 3 is 2.76 bits per heavy atom. The molecule has 1 aromatic rings. The van der Waals surface area contributed by atoms with E-state index in [0.29, 0.717) is 42.2 Å². The van der Waals surface area contributed by atoms with Crippen LogP contribution in [0.15, 0.2) is 41.6 Å². The average molecular weight is 559 g/mol. The lowest BCUT2D eigenvalue weighted by Crippen LogP contribution is -2.47. The molecule has 6 rings (SSSR count). The van der Waals surface area contributed by atoms with Crippen LogP contribution in [-0.4, -0.2) is 60.7 Å². The quantitative estimate of drug-likeness (QED) is 0.378. The summed E-state index contributed by atoms with van der Waals surface area (Å²) in [5, 5.41) is 3.44. The number of hydrogen-bond donors (Lipinski definition) is 1. The van der Waals surface area contributed by atoms with Gasteiger partial charge in [-0.2, -0.15) is 0 Å². The molecule has 0 radical (unpaired) electrons. The van der Waals surface area contributed by atoms with Crippen LogP contribution in [0.5, 0.6) is 0 Å². The lowest BCUT2D eigenvalue weighted by atomic mass is 9.51. The van der Waals surface area contributed by atoms with E-state index in [1.807, 2.05) is 18.3 Å². The van der Waals surface area contributed by atoms with E-state index in [-0.39, 0.29) is 16.7 Å². The molecule has 222 valence electrons. The highest BCUT2D eigenvalue weighted by Crippen LogP contribution is 2.65. The number of carbonyl (C=O) groups is 2. The van der Waals surface area contributed by atoms with Gasteiger partial charge in [0.1, 0.15) is 5.78 Å². The normalized spacial score (nSPS) is 35.2. The maximum absolute atomic E-state index is 13.9. The van der Waals surface area contributed by atoms with E-state index in [1.54, 1.807) is 5.57 Å². The summed E-state index contributed by atoms with van der Waals surface area (Å²) in [6.07, 6.45) is 14.1. The van der Waals surface area contributed by atoms with Gasteiger partial charge in [0.15, 0.2) is 11.6 Å². The molecule has 0 spiro atoms. The van der Waals surface area contributed by atoms with Gasteiger partial charge in [-0.3, -0.25) is 14.5 Å². The first-order valence-electron chi connectivity index (χ1n) is 16.4. The van der Waals surface area contributed by atoms with Crippen LogP contribution in [-0.2, 0) is 9.59 Å². The number of pyridine rings is 1. The Labute approximate surface area is 247 Å². The molecule has 6 heteroatoms. The van der Waals surface area contributed by atoms with Gasteiger partial charge >= 0.3 is 0 Å². The van der Waals surface area contributed by atoms with Gasteiger partial charge in [0, 0.05) is 63.1 Å². The number of carbonyl (C=O) groups excluding carboxylic acids is 2. The van der Waals surface area contributed by atoms with Crippen molar-refractivity contribution in [3.05, 3.63) is 41.6 Å². The summed E-state index contributed by atoms with van der Waals surface area (Å²) >= 11 is 0. The van der Waals surface area contributed by atoms with Crippen LogP contribution in [0, 0.1) is 34.5 Å². The number of hydrogen-bond acceptors (Lipinski definition) is 6. The topological polar surface area (TPSA) is 65.5 Å². The van der Waals surface area contributed by atoms with E-state index < -0.39 is 0 Å². The fourth-order valence-corrected chi connectivity index (χ4v) is 9.70. The van der Waals surface area contributed by atoms with Crippen LogP contribution in [0.2, 0.25) is 0 Å². The second-order valence-electron chi connectivity index (χ2n) is 14.1. The molecule has 0 aromatic carbocycles. The van der Waals surface area contributed by atoms with E-state index in [1.165, 1.54) is 12.0 Å². The van der Waals surface area contributed by atoms with E-state index in [4.69, 9.17) is 0 Å². The number of nitrogens with one attached hydrogen (secondary N) is 1. The van der Waals surface area contributed by atoms with Crippen molar-refractivity contribution in [2.75, 3.05) is 49.5 Å². The molecule has 2 saturated carbocycles. The highest BCUT2D eigenvalue weighted by molar-refractivity contribution is 5.92. The zero-order valence-electron chi connectivity index (χ0n) is 25.8. The molecule has 5 aliphatic rings. The second kappa shape index (κ2) is 11.3. The van der Waals surface area contributed by atoms with Gasteiger partial charge in [-0.05, 0) is 93.4 Å². The second-order valence-corrected chi connectivity index (χ2v) is 14.1. The van der Waals surface area contributed by atoms with Crippen molar-refractivity contribution in [2.45, 2.75) is 79.1 Å². The van der Waals surface area contributed by atoms with Crippen LogP contribution in [0.1, 0.15) is 79.1 Å². The number of allylic oxidation sites excluding steroid dienone is 4. The third-order valence-electron chi connectivity index (χ3n) is 11.7. The van der Waals surface area contributed by atoms with Crippen LogP contribution in [0.25, 0.3) is 0 Å². The number of piperazine rings is 1. The minimum Gasteiger partial charge on any atom is -0.382 e. The molecule has 0 bridgehead atoms. The number of fused-ring (bicyclic) bond motifs is 5. The smallest absolute Gasteiger partial charge is 0.155 e. The Morgan fingerprint density at radius 2 is 1.98 bits per heavy atom. The maximum Gasteiger partial charge on any atom is 0.155 e. The van der Waals surface area contributed by atoms with Crippen molar-refractivity contribution in [3.63, 3.8) is 0 Å². The van der Waals surface area contributed by atoms with Gasteiger partial charge in [-0.25, -0.2) is 4.98 Å². The summed E-state index contributed by atoms with van der Waals surface area (Å²) in [7, 11) is 0. The molecule has 1 aromatic heterocycles. The van der Waals surface area contributed by atoms with Gasteiger partial charge in [-0.15, -0.1) is 0 Å². The minimum absolute atomic E-state index is 0.0676. The first kappa shape index (κ1) is 28.6. The summed E-state index contributed by atoms with van der Waals surface area (Å²) in [5.74, 6) is 3.67. The zero-order chi connectivity index (χ0) is 28.8. The Hall–Kier alpha value is -2.47. The lowest BCUT2D eigenvalue weighted by Gasteiger charge is -2.53. The van der Waals surface area contributed by atoms with Crippen LogP contribution in [0.3, 0.4) is 0 Å². The predicted octanol–water partition coefficient (Wildman–Crippen LogP) is 6.30. The van der Waals surface area contributed by atoms with Crippen molar-refractivity contribution in [2.24, 2.45) is 34.5 Å². The third kappa shape index (κ3) is 5.08. The minimum atomic E-state index is 0.0676. The van der Waals surface area contributed by atoms with Crippen molar-refractivity contribution < 1.29 is 9.59 Å². The Morgan fingerprint density at radius 1 is 1.17 bits per heavy atom. The summed E-state index contributed by atoms with van der Waals surface area (Å²) in [5.41, 5.74) is 4.23. The van der Waals surface area contributed by atoms with Gasteiger partial charge in [-0.1, -0.05) is 38.0 Å². The molecule has 4 aliphatic carbocycles. The highest BCUT2D eigenvalue weighted by atomic mass is 16.1. The summed E-state index contributed by atoms with van der Waals surface area (Å²) < 4.78 is 0. The van der Waals surface area contributed by atoms with Gasteiger partial charge in [0.05, 0.1) is 5.69 Å². The molecule has 3 fully saturated rings. The largest absolute Gasteiger partial charge is 0.382 e. The van der Waals surface area contributed by atoms with E-state index in [9.17, 15) is 9.59 Å². The van der Waals surface area contributed by atoms with Gasteiger partial charge < -0.3 is 10.2 Å².